The van der Waals surface area contributed by atoms with Gasteiger partial charge in [0.1, 0.15) is 0 Å². The minimum atomic E-state index is 0.141. The van der Waals surface area contributed by atoms with Gasteiger partial charge < -0.3 is 16.2 Å². The van der Waals surface area contributed by atoms with Crippen LogP contribution < -0.4 is 11.1 Å². The fraction of sp³-hybridized carbons (Fsp3) is 0.300. The van der Waals surface area contributed by atoms with Crippen molar-refractivity contribution in [2.75, 3.05) is 18.5 Å². The Kier molecular flexibility index (Phi) is 4.50. The maximum atomic E-state index is 8.54. The summed E-state index contributed by atoms with van der Waals surface area (Å²) >= 11 is 0. The molecule has 14 heavy (non-hydrogen) atoms. The van der Waals surface area contributed by atoms with E-state index in [2.05, 4.69) is 10.3 Å². The van der Waals surface area contributed by atoms with Crippen molar-refractivity contribution in [3.63, 3.8) is 0 Å². The third-order valence-electron chi connectivity index (χ3n) is 1.64. The van der Waals surface area contributed by atoms with Gasteiger partial charge in [-0.25, -0.2) is 0 Å². The van der Waals surface area contributed by atoms with E-state index >= 15 is 0 Å². The van der Waals surface area contributed by atoms with E-state index in [-0.39, 0.29) is 6.61 Å². The van der Waals surface area contributed by atoms with E-state index in [0.717, 1.165) is 5.69 Å². The maximum absolute atomic E-state index is 8.54. The van der Waals surface area contributed by atoms with Gasteiger partial charge in [-0.15, -0.1) is 0 Å². The number of nitrogens with zero attached hydrogens (tertiary/aromatic N) is 1. The van der Waals surface area contributed by atoms with Crippen molar-refractivity contribution < 1.29 is 5.11 Å². The van der Waals surface area contributed by atoms with Crippen molar-refractivity contribution in [3.8, 4) is 0 Å². The molecular weight excluding hydrogens is 178 g/mol. The molecule has 0 saturated carbocycles. The first-order valence-electron chi connectivity index (χ1n) is 4.56. The lowest BCUT2D eigenvalue weighted by Gasteiger charge is -2.04. The molecule has 0 saturated heterocycles. The predicted octanol–water partition coefficient (Wildman–Crippen LogP) is 0.796. The predicted molar refractivity (Wildman–Crippen MR) is 58.3 cm³/mol. The van der Waals surface area contributed by atoms with E-state index in [1.54, 1.807) is 0 Å². The number of guanidine groups is 1. The number of rotatable bonds is 4. The molecule has 0 aliphatic carbocycles. The molecule has 0 unspecified atom stereocenters. The van der Waals surface area contributed by atoms with E-state index in [9.17, 15) is 0 Å². The second kappa shape index (κ2) is 5.99. The third kappa shape index (κ3) is 3.91. The highest BCUT2D eigenvalue weighted by Crippen LogP contribution is 2.03. The number of nitrogens with two attached hydrogens (primary N) is 1. The number of aliphatic imine (C=N–C) groups is 1. The second-order valence-electron chi connectivity index (χ2n) is 2.84. The minimum Gasteiger partial charge on any atom is -0.396 e. The quantitative estimate of drug-likeness (QED) is 0.376. The summed E-state index contributed by atoms with van der Waals surface area (Å²) in [4.78, 5) is 4.03. The highest BCUT2D eigenvalue weighted by Gasteiger charge is 1.92. The van der Waals surface area contributed by atoms with Crippen molar-refractivity contribution in [1.82, 2.24) is 0 Å². The van der Waals surface area contributed by atoms with Crippen LogP contribution in [0.15, 0.2) is 35.3 Å². The van der Waals surface area contributed by atoms with Crippen LogP contribution in [-0.2, 0) is 0 Å². The largest absolute Gasteiger partial charge is 0.396 e. The summed E-state index contributed by atoms with van der Waals surface area (Å²) < 4.78 is 0. The van der Waals surface area contributed by atoms with Crippen molar-refractivity contribution >= 4 is 11.6 Å². The van der Waals surface area contributed by atoms with Crippen LogP contribution in [0.3, 0.4) is 0 Å². The first-order valence-corrected chi connectivity index (χ1v) is 4.56. The number of aliphatic hydroxyl groups is 1. The molecule has 0 fully saturated rings. The summed E-state index contributed by atoms with van der Waals surface area (Å²) in [6.45, 7) is 0.685. The van der Waals surface area contributed by atoms with Crippen LogP contribution in [0.1, 0.15) is 6.42 Å². The van der Waals surface area contributed by atoms with Gasteiger partial charge in [0.25, 0.3) is 0 Å². The number of anilines is 1. The number of aliphatic hydroxyl groups excluding tert-OH is 1. The molecule has 0 aliphatic heterocycles. The number of nitrogens with one attached hydrogen (secondary N) is 1. The Morgan fingerprint density at radius 3 is 2.71 bits per heavy atom. The van der Waals surface area contributed by atoms with Gasteiger partial charge in [-0.1, -0.05) is 18.2 Å². The van der Waals surface area contributed by atoms with Crippen molar-refractivity contribution in [1.29, 1.82) is 0 Å². The summed E-state index contributed by atoms with van der Waals surface area (Å²) in [6, 6.07) is 9.60. The maximum Gasteiger partial charge on any atom is 0.193 e. The van der Waals surface area contributed by atoms with E-state index < -0.39 is 0 Å². The molecule has 0 amide bonds. The zero-order valence-electron chi connectivity index (χ0n) is 7.98. The monoisotopic (exact) mass is 193 g/mol. The molecule has 0 bridgehead atoms. The second-order valence-corrected chi connectivity index (χ2v) is 2.84. The first-order chi connectivity index (χ1) is 6.83. The summed E-state index contributed by atoms with van der Waals surface area (Å²) in [7, 11) is 0. The van der Waals surface area contributed by atoms with Crippen LogP contribution >= 0.6 is 0 Å². The lowest BCUT2D eigenvalue weighted by molar-refractivity contribution is 0.291. The molecule has 1 rings (SSSR count). The Balaban J connectivity index is 2.40. The average molecular weight is 193 g/mol. The number of hydrogen-bond acceptors (Lipinski definition) is 2. The molecule has 4 nitrogen and oxygen atoms in total. The lowest BCUT2D eigenvalue weighted by atomic mass is 10.3. The van der Waals surface area contributed by atoms with Gasteiger partial charge in [0.15, 0.2) is 5.96 Å². The van der Waals surface area contributed by atoms with E-state index in [0.29, 0.717) is 18.9 Å². The molecule has 0 aromatic heterocycles. The number of para-hydroxylation sites is 1. The van der Waals surface area contributed by atoms with Crippen LogP contribution in [0.25, 0.3) is 0 Å². The Morgan fingerprint density at radius 2 is 2.07 bits per heavy atom. The van der Waals surface area contributed by atoms with Gasteiger partial charge in [0.05, 0.1) is 0 Å². The van der Waals surface area contributed by atoms with Crippen molar-refractivity contribution in [2.45, 2.75) is 6.42 Å². The van der Waals surface area contributed by atoms with Gasteiger partial charge >= 0.3 is 0 Å². The van der Waals surface area contributed by atoms with E-state index in [4.69, 9.17) is 10.8 Å². The molecule has 1 aromatic carbocycles. The van der Waals surface area contributed by atoms with Gasteiger partial charge in [-0.2, -0.15) is 0 Å². The molecule has 4 N–H and O–H groups in total. The Hall–Kier alpha value is -1.55. The summed E-state index contributed by atoms with van der Waals surface area (Å²) in [6.07, 6.45) is 0.636. The van der Waals surface area contributed by atoms with Crippen LogP contribution in [-0.4, -0.2) is 24.2 Å². The molecule has 0 atom stereocenters. The van der Waals surface area contributed by atoms with E-state index in [1.165, 1.54) is 0 Å². The van der Waals surface area contributed by atoms with Crippen LogP contribution in [0.2, 0.25) is 0 Å². The summed E-state index contributed by atoms with van der Waals surface area (Å²) in [5, 5.41) is 11.5. The first kappa shape index (κ1) is 10.5. The van der Waals surface area contributed by atoms with Gasteiger partial charge in [0, 0.05) is 18.8 Å². The Morgan fingerprint density at radius 1 is 1.36 bits per heavy atom. The zero-order valence-corrected chi connectivity index (χ0v) is 7.98. The van der Waals surface area contributed by atoms with Gasteiger partial charge in [-0.05, 0) is 18.6 Å². The zero-order chi connectivity index (χ0) is 10.2. The Labute approximate surface area is 83.5 Å². The average Bonchev–Trinajstić information content (AvgIpc) is 2.20. The molecular formula is C10H15N3O. The van der Waals surface area contributed by atoms with Crippen molar-refractivity contribution in [3.05, 3.63) is 30.3 Å². The molecule has 0 radical (unpaired) electrons. The Bertz CT molecular complexity index is 285. The third-order valence-corrected chi connectivity index (χ3v) is 1.64. The fourth-order valence-corrected chi connectivity index (χ4v) is 0.979. The molecule has 4 heteroatoms. The highest BCUT2D eigenvalue weighted by atomic mass is 16.3. The van der Waals surface area contributed by atoms with Gasteiger partial charge in [0.2, 0.25) is 0 Å². The number of benzene rings is 1. The summed E-state index contributed by atoms with van der Waals surface area (Å²) in [5.74, 6) is 0.379. The normalized spacial score (nSPS) is 11.4. The van der Waals surface area contributed by atoms with Crippen molar-refractivity contribution in [2.24, 2.45) is 10.7 Å². The van der Waals surface area contributed by atoms with Crippen LogP contribution in [0.5, 0.6) is 0 Å². The van der Waals surface area contributed by atoms with E-state index in [1.807, 2.05) is 30.3 Å². The SMILES string of the molecule is NC(=NCCCO)Nc1ccccc1. The molecule has 1 aromatic rings. The molecule has 0 aliphatic rings. The standard InChI is InChI=1S/C10H15N3O/c11-10(12-7-4-8-14)13-9-5-2-1-3-6-9/h1-3,5-6,14H,4,7-8H2,(H3,11,12,13). The molecule has 76 valence electrons. The minimum absolute atomic E-state index is 0.141. The highest BCUT2D eigenvalue weighted by molar-refractivity contribution is 5.92. The topological polar surface area (TPSA) is 70.6 Å². The van der Waals surface area contributed by atoms with Gasteiger partial charge in [-0.3, -0.25) is 4.99 Å². The molecule has 0 heterocycles. The van der Waals surface area contributed by atoms with Crippen LogP contribution in [0, 0.1) is 0 Å². The summed E-state index contributed by atoms with van der Waals surface area (Å²) in [5.41, 5.74) is 6.52. The number of hydrogen-bond donors (Lipinski definition) is 3. The smallest absolute Gasteiger partial charge is 0.193 e. The fourth-order valence-electron chi connectivity index (χ4n) is 0.979. The molecule has 0 spiro atoms. The lowest BCUT2D eigenvalue weighted by Crippen LogP contribution is -2.22. The van der Waals surface area contributed by atoms with Crippen LogP contribution in [0.4, 0.5) is 5.69 Å².